The molecule has 0 aliphatic rings. The van der Waals surface area contributed by atoms with Crippen molar-refractivity contribution in [1.29, 1.82) is 0 Å². The van der Waals surface area contributed by atoms with E-state index in [9.17, 15) is 9.18 Å². The Kier molecular flexibility index (Phi) is 4.65. The van der Waals surface area contributed by atoms with Gasteiger partial charge in [0.25, 0.3) is 0 Å². The standard InChI is InChI=1S/C22H13Cl2FN2O2S/c1-2-29-22(28)19-20(11-6-7-16(25)15(24)8-11)27-17-5-3-4-14(23)18(17)12-9-30-10-13(12)21(27)26-19/h3-10H,2H2,1H3. The van der Waals surface area contributed by atoms with E-state index in [1.165, 1.54) is 23.5 Å². The smallest absolute Gasteiger partial charge is 0.359 e. The number of aromatic nitrogens is 2. The third-order valence-electron chi connectivity index (χ3n) is 4.94. The quantitative estimate of drug-likeness (QED) is 0.273. The minimum Gasteiger partial charge on any atom is -0.461 e. The Balaban J connectivity index is 2.02. The second kappa shape index (κ2) is 7.23. The van der Waals surface area contributed by atoms with Crippen LogP contribution >= 0.6 is 34.5 Å². The fourth-order valence-corrected chi connectivity index (χ4v) is 4.99. The van der Waals surface area contributed by atoms with Gasteiger partial charge in [0.2, 0.25) is 0 Å². The van der Waals surface area contributed by atoms with Crippen LogP contribution in [0.3, 0.4) is 0 Å². The minimum absolute atomic E-state index is 0.0452. The molecule has 0 saturated heterocycles. The molecule has 0 radical (unpaired) electrons. The molecule has 0 unspecified atom stereocenters. The van der Waals surface area contributed by atoms with E-state index in [0.717, 1.165) is 21.7 Å². The third-order valence-corrected chi connectivity index (χ3v) is 6.29. The number of carbonyl (C=O) groups is 1. The number of ether oxygens (including phenoxy) is 1. The molecular weight excluding hydrogens is 446 g/mol. The summed E-state index contributed by atoms with van der Waals surface area (Å²) in [5.74, 6) is -1.10. The van der Waals surface area contributed by atoms with Crippen molar-refractivity contribution in [2.75, 3.05) is 6.61 Å². The number of thiophene rings is 1. The average molecular weight is 459 g/mol. The van der Waals surface area contributed by atoms with Crippen LogP contribution in [-0.2, 0) is 4.74 Å². The Labute approximate surface area is 184 Å². The monoisotopic (exact) mass is 458 g/mol. The maximum absolute atomic E-state index is 13.8. The van der Waals surface area contributed by atoms with E-state index >= 15 is 0 Å². The van der Waals surface area contributed by atoms with E-state index in [-0.39, 0.29) is 17.3 Å². The van der Waals surface area contributed by atoms with Gasteiger partial charge in [0.1, 0.15) is 11.5 Å². The zero-order valence-electron chi connectivity index (χ0n) is 15.6. The van der Waals surface area contributed by atoms with Crippen LogP contribution in [0, 0.1) is 5.82 Å². The van der Waals surface area contributed by atoms with Gasteiger partial charge in [-0.05, 0) is 42.6 Å². The third kappa shape index (κ3) is 2.79. The number of rotatable bonds is 3. The number of hydrogen-bond donors (Lipinski definition) is 0. The minimum atomic E-state index is -0.560. The van der Waals surface area contributed by atoms with Gasteiger partial charge < -0.3 is 4.74 Å². The van der Waals surface area contributed by atoms with Crippen LogP contribution in [0.5, 0.6) is 0 Å². The number of carbonyl (C=O) groups excluding carboxylic acids is 1. The Morgan fingerprint density at radius 1 is 1.17 bits per heavy atom. The first-order chi connectivity index (χ1) is 14.5. The summed E-state index contributed by atoms with van der Waals surface area (Å²) in [7, 11) is 0. The normalized spacial score (nSPS) is 11.6. The first-order valence-electron chi connectivity index (χ1n) is 9.12. The molecule has 150 valence electrons. The zero-order chi connectivity index (χ0) is 21.0. The molecule has 5 rings (SSSR count). The molecule has 0 atom stereocenters. The molecule has 0 saturated carbocycles. The molecule has 0 bridgehead atoms. The summed E-state index contributed by atoms with van der Waals surface area (Å²) < 4.78 is 21.0. The highest BCUT2D eigenvalue weighted by molar-refractivity contribution is 7.09. The van der Waals surface area contributed by atoms with Crippen molar-refractivity contribution >= 4 is 67.8 Å². The number of benzene rings is 2. The molecule has 0 aliphatic carbocycles. The Morgan fingerprint density at radius 2 is 1.97 bits per heavy atom. The lowest BCUT2D eigenvalue weighted by Crippen LogP contribution is -2.07. The van der Waals surface area contributed by atoms with Gasteiger partial charge in [0, 0.05) is 27.1 Å². The van der Waals surface area contributed by atoms with Crippen molar-refractivity contribution in [3.05, 3.63) is 68.7 Å². The highest BCUT2D eigenvalue weighted by Gasteiger charge is 2.25. The number of fused-ring (bicyclic) bond motifs is 6. The van der Waals surface area contributed by atoms with Crippen LogP contribution < -0.4 is 0 Å². The lowest BCUT2D eigenvalue weighted by Gasteiger charge is -2.11. The fourth-order valence-electron chi connectivity index (χ4n) is 3.72. The average Bonchev–Trinajstić information content (AvgIpc) is 3.35. The van der Waals surface area contributed by atoms with Crippen molar-refractivity contribution in [2.45, 2.75) is 6.92 Å². The number of pyridine rings is 1. The fraction of sp³-hybridized carbons (Fsp3) is 0.0909. The Bertz CT molecular complexity index is 1480. The van der Waals surface area contributed by atoms with Crippen LogP contribution in [0.4, 0.5) is 4.39 Å². The molecule has 0 spiro atoms. The highest BCUT2D eigenvalue weighted by Crippen LogP contribution is 2.39. The van der Waals surface area contributed by atoms with Gasteiger partial charge in [-0.3, -0.25) is 4.40 Å². The first kappa shape index (κ1) is 19.3. The van der Waals surface area contributed by atoms with Crippen molar-refractivity contribution in [3.63, 3.8) is 0 Å². The molecule has 30 heavy (non-hydrogen) atoms. The highest BCUT2D eigenvalue weighted by atomic mass is 35.5. The van der Waals surface area contributed by atoms with Crippen molar-refractivity contribution < 1.29 is 13.9 Å². The molecule has 0 N–H and O–H groups in total. The molecule has 8 heteroatoms. The SMILES string of the molecule is CCOC(=O)c1nc2c3cscc3c3c(Cl)cccc3n2c1-c1ccc(F)c(Cl)c1. The van der Waals surface area contributed by atoms with Crippen LogP contribution in [-0.4, -0.2) is 22.0 Å². The molecule has 3 heterocycles. The summed E-state index contributed by atoms with van der Waals surface area (Å²) in [4.78, 5) is 17.5. The van der Waals surface area contributed by atoms with Crippen LogP contribution in [0.2, 0.25) is 10.0 Å². The van der Waals surface area contributed by atoms with E-state index in [2.05, 4.69) is 4.98 Å². The summed E-state index contributed by atoms with van der Waals surface area (Å²) in [5, 5.41) is 7.20. The molecule has 4 nitrogen and oxygen atoms in total. The van der Waals surface area contributed by atoms with Crippen LogP contribution in [0.1, 0.15) is 17.4 Å². The van der Waals surface area contributed by atoms with Crippen LogP contribution in [0.15, 0.2) is 47.2 Å². The van der Waals surface area contributed by atoms with E-state index < -0.39 is 11.8 Å². The summed E-state index contributed by atoms with van der Waals surface area (Å²) >= 11 is 14.1. The Morgan fingerprint density at radius 3 is 2.73 bits per heavy atom. The van der Waals surface area contributed by atoms with Gasteiger partial charge in [-0.1, -0.05) is 29.3 Å². The molecule has 3 aromatic heterocycles. The molecular formula is C22H13Cl2FN2O2S. The summed E-state index contributed by atoms with van der Waals surface area (Å²) in [6.45, 7) is 1.94. The summed E-state index contributed by atoms with van der Waals surface area (Å²) in [5.41, 5.74) is 2.54. The maximum atomic E-state index is 13.8. The molecule has 2 aromatic carbocycles. The van der Waals surface area contributed by atoms with Gasteiger partial charge in [-0.25, -0.2) is 14.2 Å². The van der Waals surface area contributed by atoms with Crippen molar-refractivity contribution in [3.8, 4) is 11.3 Å². The number of esters is 1. The molecule has 0 aliphatic heterocycles. The van der Waals surface area contributed by atoms with E-state index in [1.807, 2.05) is 33.4 Å². The molecule has 5 aromatic rings. The van der Waals surface area contributed by atoms with Gasteiger partial charge in [0.15, 0.2) is 5.69 Å². The van der Waals surface area contributed by atoms with Crippen molar-refractivity contribution in [2.24, 2.45) is 0 Å². The summed E-state index contributed by atoms with van der Waals surface area (Å²) in [6, 6.07) is 9.90. The van der Waals surface area contributed by atoms with Gasteiger partial charge in [-0.15, -0.1) is 0 Å². The molecule has 0 fully saturated rings. The topological polar surface area (TPSA) is 43.6 Å². The second-order valence-corrected chi connectivity index (χ2v) is 8.21. The zero-order valence-corrected chi connectivity index (χ0v) is 17.9. The summed E-state index contributed by atoms with van der Waals surface area (Å²) in [6.07, 6.45) is 0. The van der Waals surface area contributed by atoms with Crippen molar-refractivity contribution in [1.82, 2.24) is 9.38 Å². The number of nitrogens with zero attached hydrogens (tertiary/aromatic N) is 2. The lowest BCUT2D eigenvalue weighted by atomic mass is 10.1. The number of imidazole rings is 1. The number of hydrogen-bond acceptors (Lipinski definition) is 4. The van der Waals surface area contributed by atoms with Gasteiger partial charge in [0.05, 0.1) is 27.9 Å². The van der Waals surface area contributed by atoms with Gasteiger partial charge in [-0.2, -0.15) is 11.3 Å². The van der Waals surface area contributed by atoms with Gasteiger partial charge >= 0.3 is 5.97 Å². The number of halogens is 3. The molecule has 0 amide bonds. The van der Waals surface area contributed by atoms with E-state index in [0.29, 0.717) is 21.9 Å². The Hall–Kier alpha value is -2.67. The van der Waals surface area contributed by atoms with E-state index in [1.54, 1.807) is 13.0 Å². The lowest BCUT2D eigenvalue weighted by molar-refractivity contribution is 0.0521. The maximum Gasteiger partial charge on any atom is 0.359 e. The first-order valence-corrected chi connectivity index (χ1v) is 10.8. The van der Waals surface area contributed by atoms with E-state index in [4.69, 9.17) is 27.9 Å². The predicted octanol–water partition coefficient (Wildman–Crippen LogP) is 6.99. The van der Waals surface area contributed by atoms with Crippen LogP contribution in [0.25, 0.3) is 38.6 Å². The second-order valence-electron chi connectivity index (χ2n) is 6.65. The predicted molar refractivity (Wildman–Crippen MR) is 119 cm³/mol. The largest absolute Gasteiger partial charge is 0.461 e.